The molecule has 3 heteroatoms. The van der Waals surface area contributed by atoms with E-state index < -0.39 is 0 Å². The Kier molecular flexibility index (Phi) is 5.18. The van der Waals surface area contributed by atoms with E-state index in [1.807, 2.05) is 24.0 Å². The fourth-order valence-electron chi connectivity index (χ4n) is 2.81. The lowest BCUT2D eigenvalue weighted by Crippen LogP contribution is -2.52. The lowest BCUT2D eigenvalue weighted by molar-refractivity contribution is 0.0698. The predicted octanol–water partition coefficient (Wildman–Crippen LogP) is 2.91. The summed E-state index contributed by atoms with van der Waals surface area (Å²) in [4.78, 5) is 14.7. The number of unbranched alkanes of at least 4 members (excludes halogenated alkanes) is 1. The van der Waals surface area contributed by atoms with E-state index in [-0.39, 0.29) is 5.91 Å². The number of piperazine rings is 1. The van der Waals surface area contributed by atoms with Crippen molar-refractivity contribution in [3.8, 4) is 0 Å². The van der Waals surface area contributed by atoms with Crippen LogP contribution in [0.1, 0.15) is 47.7 Å². The van der Waals surface area contributed by atoms with E-state index in [0.29, 0.717) is 6.04 Å². The summed E-state index contributed by atoms with van der Waals surface area (Å²) >= 11 is 0. The van der Waals surface area contributed by atoms with Gasteiger partial charge in [-0.2, -0.15) is 0 Å². The van der Waals surface area contributed by atoms with Crippen LogP contribution in [-0.2, 0) is 0 Å². The van der Waals surface area contributed by atoms with Crippen LogP contribution >= 0.6 is 0 Å². The van der Waals surface area contributed by atoms with Gasteiger partial charge in [0.2, 0.25) is 0 Å². The first-order valence-electron chi connectivity index (χ1n) is 7.72. The second-order valence-corrected chi connectivity index (χ2v) is 5.79. The summed E-state index contributed by atoms with van der Waals surface area (Å²) in [6.45, 7) is 8.88. The van der Waals surface area contributed by atoms with Gasteiger partial charge in [0.15, 0.2) is 0 Å². The molecule has 1 aromatic carbocycles. The average Bonchev–Trinajstić information content (AvgIpc) is 2.47. The fourth-order valence-corrected chi connectivity index (χ4v) is 2.81. The van der Waals surface area contributed by atoms with Crippen LogP contribution < -0.4 is 5.32 Å². The van der Waals surface area contributed by atoms with Crippen molar-refractivity contribution in [1.82, 2.24) is 10.2 Å². The van der Waals surface area contributed by atoms with E-state index in [2.05, 4.69) is 25.2 Å². The molecule has 1 heterocycles. The Morgan fingerprint density at radius 3 is 2.95 bits per heavy atom. The summed E-state index contributed by atoms with van der Waals surface area (Å²) in [6, 6.07) is 6.45. The van der Waals surface area contributed by atoms with Gasteiger partial charge in [-0.1, -0.05) is 31.9 Å². The summed E-state index contributed by atoms with van der Waals surface area (Å²) < 4.78 is 0. The molecule has 1 unspecified atom stereocenters. The van der Waals surface area contributed by atoms with Crippen molar-refractivity contribution < 1.29 is 4.79 Å². The van der Waals surface area contributed by atoms with Gasteiger partial charge in [0.1, 0.15) is 0 Å². The van der Waals surface area contributed by atoms with Gasteiger partial charge in [-0.15, -0.1) is 0 Å². The molecule has 1 amide bonds. The van der Waals surface area contributed by atoms with Gasteiger partial charge in [0.05, 0.1) is 0 Å². The summed E-state index contributed by atoms with van der Waals surface area (Å²) in [6.07, 6.45) is 3.60. The Labute approximate surface area is 122 Å². The predicted molar refractivity (Wildman–Crippen MR) is 83.1 cm³/mol. The molecule has 0 aliphatic carbocycles. The smallest absolute Gasteiger partial charge is 0.254 e. The molecule has 3 nitrogen and oxygen atoms in total. The summed E-state index contributed by atoms with van der Waals surface area (Å²) in [5.41, 5.74) is 3.16. The normalized spacial score (nSPS) is 19.1. The van der Waals surface area contributed by atoms with Gasteiger partial charge >= 0.3 is 0 Å². The quantitative estimate of drug-likeness (QED) is 0.915. The number of aryl methyl sites for hydroxylation is 1. The average molecular weight is 274 g/mol. The monoisotopic (exact) mass is 274 g/mol. The molecule has 1 saturated heterocycles. The number of benzene rings is 1. The molecule has 110 valence electrons. The standard InChI is InChI=1S/C17H26N2O/c1-4-5-8-15-12-19(11-10-18-15)17(20)16-9-6-7-13(2)14(16)3/h6-7,9,15,18H,4-5,8,10-12H2,1-3H3. The largest absolute Gasteiger partial charge is 0.336 e. The molecule has 2 rings (SSSR count). The van der Waals surface area contributed by atoms with Crippen molar-refractivity contribution >= 4 is 5.91 Å². The maximum absolute atomic E-state index is 12.7. The third-order valence-electron chi connectivity index (χ3n) is 4.28. The van der Waals surface area contributed by atoms with Crippen LogP contribution in [0.5, 0.6) is 0 Å². The summed E-state index contributed by atoms with van der Waals surface area (Å²) in [7, 11) is 0. The first kappa shape index (κ1) is 15.0. The minimum Gasteiger partial charge on any atom is -0.336 e. The van der Waals surface area contributed by atoms with E-state index in [0.717, 1.165) is 37.2 Å². The number of carbonyl (C=O) groups is 1. The number of nitrogens with zero attached hydrogens (tertiary/aromatic N) is 1. The third kappa shape index (κ3) is 3.40. The van der Waals surface area contributed by atoms with E-state index in [1.165, 1.54) is 18.4 Å². The second kappa shape index (κ2) is 6.89. The Morgan fingerprint density at radius 1 is 1.40 bits per heavy atom. The highest BCUT2D eigenvalue weighted by Gasteiger charge is 2.24. The third-order valence-corrected chi connectivity index (χ3v) is 4.28. The number of hydrogen-bond donors (Lipinski definition) is 1. The Morgan fingerprint density at radius 2 is 2.20 bits per heavy atom. The van der Waals surface area contributed by atoms with Gasteiger partial charge < -0.3 is 10.2 Å². The number of hydrogen-bond acceptors (Lipinski definition) is 2. The van der Waals surface area contributed by atoms with Crippen LogP contribution in [0.25, 0.3) is 0 Å². The zero-order chi connectivity index (χ0) is 14.5. The van der Waals surface area contributed by atoms with Gasteiger partial charge in [-0.25, -0.2) is 0 Å². The molecule has 1 aromatic rings. The maximum atomic E-state index is 12.7. The second-order valence-electron chi connectivity index (χ2n) is 5.79. The van der Waals surface area contributed by atoms with Gasteiger partial charge in [-0.3, -0.25) is 4.79 Å². The number of amides is 1. The SMILES string of the molecule is CCCCC1CN(C(=O)c2cccc(C)c2C)CCN1. The van der Waals surface area contributed by atoms with Crippen molar-refractivity contribution in [2.45, 2.75) is 46.1 Å². The van der Waals surface area contributed by atoms with Crippen molar-refractivity contribution in [3.63, 3.8) is 0 Å². The van der Waals surface area contributed by atoms with Crippen LogP contribution in [0.3, 0.4) is 0 Å². The van der Waals surface area contributed by atoms with Crippen LogP contribution in [0.2, 0.25) is 0 Å². The van der Waals surface area contributed by atoms with Crippen molar-refractivity contribution in [1.29, 1.82) is 0 Å². The Hall–Kier alpha value is -1.35. The lowest BCUT2D eigenvalue weighted by Gasteiger charge is -2.34. The highest BCUT2D eigenvalue weighted by Crippen LogP contribution is 2.17. The molecule has 0 radical (unpaired) electrons. The molecular formula is C17H26N2O. The highest BCUT2D eigenvalue weighted by molar-refractivity contribution is 5.96. The van der Waals surface area contributed by atoms with Crippen molar-refractivity contribution in [3.05, 3.63) is 34.9 Å². The molecule has 1 fully saturated rings. The molecule has 1 aliphatic heterocycles. The Bertz CT molecular complexity index is 470. The molecule has 0 aromatic heterocycles. The van der Waals surface area contributed by atoms with Gasteiger partial charge in [0, 0.05) is 31.2 Å². The molecule has 1 N–H and O–H groups in total. The molecule has 1 aliphatic rings. The van der Waals surface area contributed by atoms with Crippen molar-refractivity contribution in [2.24, 2.45) is 0 Å². The molecule has 0 bridgehead atoms. The first-order chi connectivity index (χ1) is 9.63. The molecule has 0 spiro atoms. The highest BCUT2D eigenvalue weighted by atomic mass is 16.2. The molecule has 1 atom stereocenters. The zero-order valence-electron chi connectivity index (χ0n) is 12.9. The van der Waals surface area contributed by atoms with Crippen LogP contribution in [0.15, 0.2) is 18.2 Å². The Balaban J connectivity index is 2.06. The van der Waals surface area contributed by atoms with E-state index in [1.54, 1.807) is 0 Å². The van der Waals surface area contributed by atoms with Crippen LogP contribution in [0.4, 0.5) is 0 Å². The number of rotatable bonds is 4. The van der Waals surface area contributed by atoms with Crippen LogP contribution in [0, 0.1) is 13.8 Å². The van der Waals surface area contributed by atoms with Crippen molar-refractivity contribution in [2.75, 3.05) is 19.6 Å². The topological polar surface area (TPSA) is 32.3 Å². The fraction of sp³-hybridized carbons (Fsp3) is 0.588. The molecular weight excluding hydrogens is 248 g/mol. The van der Waals surface area contributed by atoms with E-state index >= 15 is 0 Å². The summed E-state index contributed by atoms with van der Waals surface area (Å²) in [5, 5.41) is 3.52. The van der Waals surface area contributed by atoms with Gasteiger partial charge in [-0.05, 0) is 37.5 Å². The lowest BCUT2D eigenvalue weighted by atomic mass is 10.0. The minimum atomic E-state index is 0.189. The maximum Gasteiger partial charge on any atom is 0.254 e. The van der Waals surface area contributed by atoms with E-state index in [4.69, 9.17) is 0 Å². The zero-order valence-corrected chi connectivity index (χ0v) is 12.9. The first-order valence-corrected chi connectivity index (χ1v) is 7.72. The summed E-state index contributed by atoms with van der Waals surface area (Å²) in [5.74, 6) is 0.189. The molecule has 0 saturated carbocycles. The van der Waals surface area contributed by atoms with Gasteiger partial charge in [0.25, 0.3) is 5.91 Å². The minimum absolute atomic E-state index is 0.189. The van der Waals surface area contributed by atoms with Crippen LogP contribution in [-0.4, -0.2) is 36.5 Å². The van der Waals surface area contributed by atoms with E-state index in [9.17, 15) is 4.79 Å². The number of nitrogens with one attached hydrogen (secondary N) is 1. The molecule has 20 heavy (non-hydrogen) atoms. The number of carbonyl (C=O) groups excluding carboxylic acids is 1.